The molecule has 2 fully saturated rings. The fourth-order valence-corrected chi connectivity index (χ4v) is 2.97. The second kappa shape index (κ2) is 3.29. The summed E-state index contributed by atoms with van der Waals surface area (Å²) in [5, 5.41) is 0.875. The molecule has 12 heavy (non-hydrogen) atoms. The van der Waals surface area contributed by atoms with E-state index in [-0.39, 0.29) is 11.9 Å². The van der Waals surface area contributed by atoms with E-state index in [0.29, 0.717) is 0 Å². The first-order valence-electron chi connectivity index (χ1n) is 4.50. The van der Waals surface area contributed by atoms with Crippen LogP contribution in [-0.2, 0) is 9.53 Å². The number of methoxy groups -OCH3 is 1. The summed E-state index contributed by atoms with van der Waals surface area (Å²) in [6, 6.07) is 0. The predicted octanol–water partition coefficient (Wildman–Crippen LogP) is 1.69. The Morgan fingerprint density at radius 1 is 1.50 bits per heavy atom. The first kappa shape index (κ1) is 8.42. The Morgan fingerprint density at radius 3 is 2.83 bits per heavy atom. The Balaban J connectivity index is 1.84. The van der Waals surface area contributed by atoms with Crippen LogP contribution in [0.15, 0.2) is 0 Å². The van der Waals surface area contributed by atoms with Crippen molar-refractivity contribution >= 4 is 17.7 Å². The van der Waals surface area contributed by atoms with Gasteiger partial charge in [-0.2, -0.15) is 11.8 Å². The van der Waals surface area contributed by atoms with Crippen molar-refractivity contribution in [3.05, 3.63) is 0 Å². The SMILES string of the molecule is COC(=O)[C@@H]1CC[C@@H](C2CS2)C1. The van der Waals surface area contributed by atoms with E-state index in [1.807, 2.05) is 11.8 Å². The van der Waals surface area contributed by atoms with Gasteiger partial charge in [0.05, 0.1) is 13.0 Å². The average molecular weight is 186 g/mol. The quantitative estimate of drug-likeness (QED) is 0.485. The number of rotatable bonds is 2. The highest BCUT2D eigenvalue weighted by atomic mass is 32.2. The normalized spacial score (nSPS) is 39.6. The molecule has 1 heterocycles. The maximum atomic E-state index is 11.2. The molecule has 0 N–H and O–H groups in total. The zero-order chi connectivity index (χ0) is 8.55. The molecule has 2 aliphatic rings. The Labute approximate surface area is 77.0 Å². The first-order valence-corrected chi connectivity index (χ1v) is 5.55. The Hall–Kier alpha value is -0.180. The summed E-state index contributed by atoms with van der Waals surface area (Å²) in [5.41, 5.74) is 0. The van der Waals surface area contributed by atoms with Crippen molar-refractivity contribution in [3.8, 4) is 0 Å². The van der Waals surface area contributed by atoms with E-state index in [1.165, 1.54) is 19.3 Å². The molecule has 0 spiro atoms. The molecule has 68 valence electrons. The van der Waals surface area contributed by atoms with Gasteiger partial charge in [-0.3, -0.25) is 4.79 Å². The van der Waals surface area contributed by atoms with Gasteiger partial charge in [0.15, 0.2) is 0 Å². The predicted molar refractivity (Wildman–Crippen MR) is 49.1 cm³/mol. The number of thioether (sulfide) groups is 1. The van der Waals surface area contributed by atoms with Gasteiger partial charge in [-0.1, -0.05) is 0 Å². The molecule has 1 saturated carbocycles. The van der Waals surface area contributed by atoms with Crippen molar-refractivity contribution in [2.45, 2.75) is 24.5 Å². The van der Waals surface area contributed by atoms with Gasteiger partial charge in [0.2, 0.25) is 0 Å². The van der Waals surface area contributed by atoms with E-state index in [1.54, 1.807) is 0 Å². The monoisotopic (exact) mass is 186 g/mol. The molecule has 1 aliphatic carbocycles. The zero-order valence-corrected chi connectivity index (χ0v) is 8.10. The van der Waals surface area contributed by atoms with Gasteiger partial charge < -0.3 is 4.74 Å². The second-order valence-electron chi connectivity index (χ2n) is 3.67. The molecule has 2 rings (SSSR count). The van der Waals surface area contributed by atoms with E-state index < -0.39 is 0 Å². The summed E-state index contributed by atoms with van der Waals surface area (Å²) < 4.78 is 4.74. The molecule has 3 atom stereocenters. The van der Waals surface area contributed by atoms with Crippen molar-refractivity contribution < 1.29 is 9.53 Å². The fraction of sp³-hybridized carbons (Fsp3) is 0.889. The summed E-state index contributed by atoms with van der Waals surface area (Å²) in [5.74, 6) is 2.34. The van der Waals surface area contributed by atoms with Crippen molar-refractivity contribution in [2.75, 3.05) is 12.9 Å². The number of hydrogen-bond acceptors (Lipinski definition) is 3. The molecule has 0 aromatic heterocycles. The van der Waals surface area contributed by atoms with Gasteiger partial charge in [-0.15, -0.1) is 0 Å². The first-order chi connectivity index (χ1) is 5.81. The highest BCUT2D eigenvalue weighted by molar-refractivity contribution is 8.06. The van der Waals surface area contributed by atoms with E-state index in [2.05, 4.69) is 0 Å². The molecule has 0 aromatic carbocycles. The molecule has 0 amide bonds. The molecular formula is C9H14O2S. The van der Waals surface area contributed by atoms with Crippen LogP contribution >= 0.6 is 11.8 Å². The van der Waals surface area contributed by atoms with Crippen LogP contribution in [0.2, 0.25) is 0 Å². The minimum atomic E-state index is 0.00292. The molecule has 1 aliphatic heterocycles. The van der Waals surface area contributed by atoms with Crippen molar-refractivity contribution in [1.29, 1.82) is 0 Å². The maximum absolute atomic E-state index is 11.2. The van der Waals surface area contributed by atoms with E-state index in [0.717, 1.165) is 24.0 Å². The molecule has 1 unspecified atom stereocenters. The number of esters is 1. The van der Waals surface area contributed by atoms with Gasteiger partial charge >= 0.3 is 5.97 Å². The standard InChI is InChI=1S/C9H14O2S/c1-11-9(10)7-3-2-6(4-7)8-5-12-8/h6-8H,2-5H2,1H3/t6-,7-,8?/m1/s1. The number of carbonyl (C=O) groups excluding carboxylic acids is 1. The lowest BCUT2D eigenvalue weighted by Crippen LogP contribution is -2.13. The molecule has 0 radical (unpaired) electrons. The molecule has 0 aromatic rings. The number of hydrogen-bond donors (Lipinski definition) is 0. The fourth-order valence-electron chi connectivity index (χ4n) is 2.06. The van der Waals surface area contributed by atoms with Crippen LogP contribution in [0.4, 0.5) is 0 Å². The van der Waals surface area contributed by atoms with Crippen LogP contribution in [0.3, 0.4) is 0 Å². The van der Waals surface area contributed by atoms with Crippen LogP contribution in [0, 0.1) is 11.8 Å². The Kier molecular flexibility index (Phi) is 2.31. The summed E-state index contributed by atoms with van der Waals surface area (Å²) in [6.07, 6.45) is 3.36. The lowest BCUT2D eigenvalue weighted by Gasteiger charge is -2.07. The maximum Gasteiger partial charge on any atom is 0.308 e. The molecule has 0 bridgehead atoms. The topological polar surface area (TPSA) is 26.3 Å². The highest BCUT2D eigenvalue weighted by Crippen LogP contribution is 2.46. The van der Waals surface area contributed by atoms with E-state index >= 15 is 0 Å². The third-order valence-electron chi connectivity index (χ3n) is 2.89. The molecule has 2 nitrogen and oxygen atoms in total. The van der Waals surface area contributed by atoms with Crippen LogP contribution in [0.25, 0.3) is 0 Å². The van der Waals surface area contributed by atoms with Gasteiger partial charge in [-0.25, -0.2) is 0 Å². The van der Waals surface area contributed by atoms with Crippen LogP contribution in [0.1, 0.15) is 19.3 Å². The summed E-state index contributed by atoms with van der Waals surface area (Å²) in [7, 11) is 1.49. The summed E-state index contributed by atoms with van der Waals surface area (Å²) in [4.78, 5) is 11.2. The van der Waals surface area contributed by atoms with Gasteiger partial charge in [-0.05, 0) is 25.2 Å². The Bertz CT molecular complexity index is 189. The average Bonchev–Trinajstić information content (AvgIpc) is 2.83. The zero-order valence-electron chi connectivity index (χ0n) is 7.29. The molecular weight excluding hydrogens is 172 g/mol. The van der Waals surface area contributed by atoms with Crippen molar-refractivity contribution in [3.63, 3.8) is 0 Å². The lowest BCUT2D eigenvalue weighted by molar-refractivity contribution is -0.145. The minimum Gasteiger partial charge on any atom is -0.469 e. The van der Waals surface area contributed by atoms with Crippen LogP contribution in [-0.4, -0.2) is 24.1 Å². The van der Waals surface area contributed by atoms with Crippen LogP contribution < -0.4 is 0 Å². The molecule has 1 saturated heterocycles. The highest BCUT2D eigenvalue weighted by Gasteiger charge is 2.39. The summed E-state index contributed by atoms with van der Waals surface area (Å²) >= 11 is 2.03. The second-order valence-corrected chi connectivity index (χ2v) is 4.94. The smallest absolute Gasteiger partial charge is 0.308 e. The third kappa shape index (κ3) is 1.60. The third-order valence-corrected chi connectivity index (χ3v) is 4.00. The van der Waals surface area contributed by atoms with Crippen LogP contribution in [0.5, 0.6) is 0 Å². The number of ether oxygens (including phenoxy) is 1. The minimum absolute atomic E-state index is 0.00292. The summed E-state index contributed by atoms with van der Waals surface area (Å²) in [6.45, 7) is 0. The Morgan fingerprint density at radius 2 is 2.25 bits per heavy atom. The largest absolute Gasteiger partial charge is 0.469 e. The van der Waals surface area contributed by atoms with Gasteiger partial charge in [0, 0.05) is 11.0 Å². The van der Waals surface area contributed by atoms with E-state index in [4.69, 9.17) is 4.74 Å². The molecule has 3 heteroatoms. The lowest BCUT2D eigenvalue weighted by atomic mass is 10.0. The van der Waals surface area contributed by atoms with Gasteiger partial charge in [0.1, 0.15) is 0 Å². The van der Waals surface area contributed by atoms with Crippen molar-refractivity contribution in [2.24, 2.45) is 11.8 Å². The number of carbonyl (C=O) groups is 1. The van der Waals surface area contributed by atoms with Crippen molar-refractivity contribution in [1.82, 2.24) is 0 Å². The van der Waals surface area contributed by atoms with E-state index in [9.17, 15) is 4.79 Å². The van der Waals surface area contributed by atoms with Gasteiger partial charge in [0.25, 0.3) is 0 Å².